The molecule has 2 N–H and O–H groups in total. The molecule has 0 saturated heterocycles. The van der Waals surface area contributed by atoms with Crippen LogP contribution in [0.1, 0.15) is 37.4 Å². The zero-order valence-corrected chi connectivity index (χ0v) is 10.5. The number of nitrogens with two attached hydrogens (primary N) is 1. The lowest BCUT2D eigenvalue weighted by Crippen LogP contribution is -2.42. The lowest BCUT2D eigenvalue weighted by Gasteiger charge is -2.42. The number of ether oxygens (including phenoxy) is 2. The molecular formula is C13H20N2O2. The highest BCUT2D eigenvalue weighted by Crippen LogP contribution is 2.41. The Morgan fingerprint density at radius 2 is 2.24 bits per heavy atom. The van der Waals surface area contributed by atoms with Crippen molar-refractivity contribution in [1.29, 1.82) is 0 Å². The van der Waals surface area contributed by atoms with Gasteiger partial charge in [0.2, 0.25) is 0 Å². The van der Waals surface area contributed by atoms with E-state index in [1.165, 1.54) is 6.42 Å². The van der Waals surface area contributed by atoms with Crippen LogP contribution in [0.15, 0.2) is 18.3 Å². The average Bonchev–Trinajstić information content (AvgIpc) is 2.33. The predicted octanol–water partition coefficient (Wildman–Crippen LogP) is 2.05. The second kappa shape index (κ2) is 5.02. The van der Waals surface area contributed by atoms with Crippen LogP contribution >= 0.6 is 0 Å². The Morgan fingerprint density at radius 3 is 2.76 bits per heavy atom. The van der Waals surface area contributed by atoms with Gasteiger partial charge >= 0.3 is 0 Å². The summed E-state index contributed by atoms with van der Waals surface area (Å²) in [5.41, 5.74) is 7.00. The molecule has 4 nitrogen and oxygen atoms in total. The van der Waals surface area contributed by atoms with Gasteiger partial charge in [0.1, 0.15) is 5.75 Å². The first-order valence-corrected chi connectivity index (χ1v) is 6.00. The molecule has 0 aliphatic heterocycles. The summed E-state index contributed by atoms with van der Waals surface area (Å²) >= 11 is 0. The molecule has 17 heavy (non-hydrogen) atoms. The molecule has 0 bridgehead atoms. The molecule has 94 valence electrons. The molecule has 1 heterocycles. The summed E-state index contributed by atoms with van der Waals surface area (Å²) in [7, 11) is 3.41. The van der Waals surface area contributed by atoms with Gasteiger partial charge in [-0.3, -0.25) is 4.98 Å². The molecule has 1 aliphatic carbocycles. The van der Waals surface area contributed by atoms with Crippen molar-refractivity contribution >= 4 is 0 Å². The predicted molar refractivity (Wildman–Crippen MR) is 65.9 cm³/mol. The maximum atomic E-state index is 6.22. The summed E-state index contributed by atoms with van der Waals surface area (Å²) in [6, 6.07) is 3.61. The van der Waals surface area contributed by atoms with Crippen molar-refractivity contribution in [2.24, 2.45) is 5.73 Å². The first kappa shape index (κ1) is 12.3. The van der Waals surface area contributed by atoms with Crippen LogP contribution in [0.4, 0.5) is 0 Å². The largest absolute Gasteiger partial charge is 0.495 e. The Hall–Kier alpha value is -1.13. The minimum Gasteiger partial charge on any atom is -0.495 e. The minimum absolute atomic E-state index is 0.0397. The van der Waals surface area contributed by atoms with Crippen molar-refractivity contribution in [3.05, 3.63) is 24.0 Å². The van der Waals surface area contributed by atoms with E-state index in [-0.39, 0.29) is 11.6 Å². The first-order chi connectivity index (χ1) is 8.21. The van der Waals surface area contributed by atoms with E-state index < -0.39 is 0 Å². The summed E-state index contributed by atoms with van der Waals surface area (Å²) < 4.78 is 10.9. The number of aromatic nitrogens is 1. The van der Waals surface area contributed by atoms with Gasteiger partial charge in [-0.2, -0.15) is 0 Å². The van der Waals surface area contributed by atoms with E-state index in [1.54, 1.807) is 20.4 Å². The van der Waals surface area contributed by atoms with Crippen LogP contribution in [-0.2, 0) is 4.74 Å². The topological polar surface area (TPSA) is 57.4 Å². The number of hydrogen-bond donors (Lipinski definition) is 1. The summed E-state index contributed by atoms with van der Waals surface area (Å²) in [4.78, 5) is 4.32. The lowest BCUT2D eigenvalue weighted by atomic mass is 9.75. The van der Waals surface area contributed by atoms with Crippen molar-refractivity contribution < 1.29 is 9.47 Å². The Kier molecular flexibility index (Phi) is 3.64. The molecule has 1 aromatic rings. The number of hydrogen-bond acceptors (Lipinski definition) is 4. The zero-order chi connectivity index (χ0) is 12.3. The monoisotopic (exact) mass is 236 g/mol. The van der Waals surface area contributed by atoms with Crippen LogP contribution < -0.4 is 10.5 Å². The number of rotatable bonds is 5. The standard InChI is InChI=1S/C13H20N2O2/c1-16-11-5-3-8-15-12(11)10(14)9-13(17-2)6-4-7-13/h3,5,8,10H,4,6-7,9,14H2,1-2H3. The summed E-state index contributed by atoms with van der Waals surface area (Å²) in [6.45, 7) is 0. The Balaban J connectivity index is 2.11. The fourth-order valence-electron chi connectivity index (χ4n) is 2.41. The first-order valence-electron chi connectivity index (χ1n) is 6.00. The smallest absolute Gasteiger partial charge is 0.141 e. The molecule has 4 heteroatoms. The number of methoxy groups -OCH3 is 2. The third-order valence-electron chi connectivity index (χ3n) is 3.66. The third kappa shape index (κ3) is 2.42. The molecule has 1 unspecified atom stereocenters. The summed E-state index contributed by atoms with van der Waals surface area (Å²) in [6.07, 6.45) is 5.95. The van der Waals surface area contributed by atoms with Crippen LogP contribution in [0.3, 0.4) is 0 Å². The highest BCUT2D eigenvalue weighted by molar-refractivity contribution is 5.29. The highest BCUT2D eigenvalue weighted by atomic mass is 16.5. The van der Waals surface area contributed by atoms with Crippen LogP contribution in [0.25, 0.3) is 0 Å². The van der Waals surface area contributed by atoms with Crippen molar-refractivity contribution in [1.82, 2.24) is 4.98 Å². The molecule has 0 amide bonds. The molecule has 0 aromatic carbocycles. The number of pyridine rings is 1. The second-order valence-corrected chi connectivity index (χ2v) is 4.64. The van der Waals surface area contributed by atoms with Crippen LogP contribution in [-0.4, -0.2) is 24.8 Å². The van der Waals surface area contributed by atoms with Crippen LogP contribution in [0, 0.1) is 0 Å². The van der Waals surface area contributed by atoms with Gasteiger partial charge in [0.05, 0.1) is 24.4 Å². The van der Waals surface area contributed by atoms with Gasteiger partial charge in [-0.1, -0.05) is 0 Å². The van der Waals surface area contributed by atoms with E-state index in [4.69, 9.17) is 15.2 Å². The lowest BCUT2D eigenvalue weighted by molar-refractivity contribution is -0.0819. The van der Waals surface area contributed by atoms with Crippen molar-refractivity contribution in [3.63, 3.8) is 0 Å². The minimum atomic E-state index is -0.133. The van der Waals surface area contributed by atoms with Gasteiger partial charge < -0.3 is 15.2 Å². The van der Waals surface area contributed by atoms with E-state index in [0.29, 0.717) is 0 Å². The van der Waals surface area contributed by atoms with Gasteiger partial charge in [-0.25, -0.2) is 0 Å². The summed E-state index contributed by atoms with van der Waals surface area (Å²) in [5.74, 6) is 0.755. The molecule has 1 fully saturated rings. The van der Waals surface area contributed by atoms with E-state index in [9.17, 15) is 0 Å². The quantitative estimate of drug-likeness (QED) is 0.850. The maximum absolute atomic E-state index is 6.22. The number of nitrogens with zero attached hydrogens (tertiary/aromatic N) is 1. The Morgan fingerprint density at radius 1 is 1.47 bits per heavy atom. The van der Waals surface area contributed by atoms with Gasteiger partial charge in [-0.15, -0.1) is 0 Å². The molecule has 2 rings (SSSR count). The maximum Gasteiger partial charge on any atom is 0.141 e. The van der Waals surface area contributed by atoms with Crippen molar-refractivity contribution in [2.75, 3.05) is 14.2 Å². The normalized spacial score (nSPS) is 19.5. The highest BCUT2D eigenvalue weighted by Gasteiger charge is 2.39. The Labute approximate surface area is 102 Å². The fraction of sp³-hybridized carbons (Fsp3) is 0.615. The van der Waals surface area contributed by atoms with Gasteiger partial charge in [-0.05, 0) is 37.8 Å². The molecule has 1 aromatic heterocycles. The molecule has 1 atom stereocenters. The van der Waals surface area contributed by atoms with Crippen LogP contribution in [0.5, 0.6) is 5.75 Å². The molecule has 1 saturated carbocycles. The van der Waals surface area contributed by atoms with Crippen molar-refractivity contribution in [2.45, 2.75) is 37.3 Å². The molecule has 0 radical (unpaired) electrons. The zero-order valence-electron chi connectivity index (χ0n) is 10.5. The molecular weight excluding hydrogens is 216 g/mol. The van der Waals surface area contributed by atoms with Gasteiger partial charge in [0.15, 0.2) is 0 Å². The SMILES string of the molecule is COc1cccnc1C(N)CC1(OC)CCC1. The Bertz CT molecular complexity index is 372. The van der Waals surface area contributed by atoms with E-state index in [1.807, 2.05) is 12.1 Å². The molecule has 0 spiro atoms. The van der Waals surface area contributed by atoms with E-state index >= 15 is 0 Å². The van der Waals surface area contributed by atoms with Gasteiger partial charge in [0, 0.05) is 13.3 Å². The second-order valence-electron chi connectivity index (χ2n) is 4.64. The fourth-order valence-corrected chi connectivity index (χ4v) is 2.41. The van der Waals surface area contributed by atoms with E-state index in [2.05, 4.69) is 4.98 Å². The average molecular weight is 236 g/mol. The third-order valence-corrected chi connectivity index (χ3v) is 3.66. The summed E-state index contributed by atoms with van der Waals surface area (Å²) in [5, 5.41) is 0. The van der Waals surface area contributed by atoms with Crippen LogP contribution in [0.2, 0.25) is 0 Å². The van der Waals surface area contributed by atoms with Gasteiger partial charge in [0.25, 0.3) is 0 Å². The van der Waals surface area contributed by atoms with E-state index in [0.717, 1.165) is 30.7 Å². The van der Waals surface area contributed by atoms with Crippen molar-refractivity contribution in [3.8, 4) is 5.75 Å². The molecule has 1 aliphatic rings.